The van der Waals surface area contributed by atoms with Gasteiger partial charge in [0.1, 0.15) is 17.9 Å². The van der Waals surface area contributed by atoms with Gasteiger partial charge in [0.25, 0.3) is 0 Å². The van der Waals surface area contributed by atoms with Gasteiger partial charge in [-0.15, -0.1) is 0 Å². The van der Waals surface area contributed by atoms with Crippen LogP contribution in [-0.2, 0) is 6.67 Å². The molecule has 31 heavy (non-hydrogen) atoms. The molecule has 0 radical (unpaired) electrons. The molecule has 0 aliphatic heterocycles. The lowest BCUT2D eigenvalue weighted by Gasteiger charge is -2.21. The standard InChI is InChI=1S/C24H30FN3O3/c1-15-11-21(30-4)28-23-19(27-16(2)7-6-10-26)13-20(29-3)24(22(15)23)31-18-9-5-8-17(12-18)14-25/h5,8-9,11-13,16,27H,6-7,10,14,26H2,1-4H3/t16-/m1/s1. The molecule has 0 bridgehead atoms. The van der Waals surface area contributed by atoms with Crippen LogP contribution in [0.1, 0.15) is 30.9 Å². The van der Waals surface area contributed by atoms with E-state index in [2.05, 4.69) is 12.2 Å². The highest BCUT2D eigenvalue weighted by molar-refractivity contribution is 6.00. The number of hydrogen-bond donors (Lipinski definition) is 2. The zero-order valence-corrected chi connectivity index (χ0v) is 18.5. The predicted octanol–water partition coefficient (Wildman–Crippen LogP) is 5.36. The van der Waals surface area contributed by atoms with Crippen molar-refractivity contribution in [2.45, 2.75) is 39.4 Å². The Bertz CT molecular complexity index is 1040. The zero-order chi connectivity index (χ0) is 22.4. The molecule has 3 N–H and O–H groups in total. The molecule has 0 amide bonds. The van der Waals surface area contributed by atoms with Gasteiger partial charge < -0.3 is 25.3 Å². The number of ether oxygens (including phenoxy) is 3. The Morgan fingerprint density at radius 1 is 1.16 bits per heavy atom. The number of nitrogens with one attached hydrogen (secondary N) is 1. The summed E-state index contributed by atoms with van der Waals surface area (Å²) in [5.74, 6) is 2.13. The highest BCUT2D eigenvalue weighted by Crippen LogP contribution is 2.44. The number of pyridine rings is 1. The van der Waals surface area contributed by atoms with Crippen LogP contribution in [0.5, 0.6) is 23.1 Å². The minimum absolute atomic E-state index is 0.192. The van der Waals surface area contributed by atoms with Crippen LogP contribution in [0.4, 0.5) is 10.1 Å². The lowest BCUT2D eigenvalue weighted by Crippen LogP contribution is -2.17. The third-order valence-electron chi connectivity index (χ3n) is 5.12. The lowest BCUT2D eigenvalue weighted by atomic mass is 10.1. The highest BCUT2D eigenvalue weighted by atomic mass is 19.1. The van der Waals surface area contributed by atoms with Gasteiger partial charge in [0.15, 0.2) is 11.5 Å². The van der Waals surface area contributed by atoms with Crippen LogP contribution in [0.3, 0.4) is 0 Å². The second-order valence-electron chi connectivity index (χ2n) is 7.52. The van der Waals surface area contributed by atoms with Crippen molar-refractivity contribution in [2.24, 2.45) is 5.73 Å². The van der Waals surface area contributed by atoms with E-state index in [9.17, 15) is 4.39 Å². The van der Waals surface area contributed by atoms with Crippen LogP contribution in [0.25, 0.3) is 10.9 Å². The first kappa shape index (κ1) is 22.6. The SMILES string of the molecule is COc1cc(C)c2c(Oc3cccc(CF)c3)c(OC)cc(N[C@H](C)CCCN)c2n1. The second kappa shape index (κ2) is 10.3. The van der Waals surface area contributed by atoms with Gasteiger partial charge in [0, 0.05) is 18.2 Å². The molecular formula is C24H30FN3O3. The van der Waals surface area contributed by atoms with Crippen molar-refractivity contribution in [1.29, 1.82) is 0 Å². The molecule has 0 aliphatic rings. The molecule has 6 nitrogen and oxygen atoms in total. The molecule has 0 saturated heterocycles. The first-order valence-corrected chi connectivity index (χ1v) is 10.4. The van der Waals surface area contributed by atoms with E-state index in [4.69, 9.17) is 24.9 Å². The lowest BCUT2D eigenvalue weighted by molar-refractivity contribution is 0.380. The van der Waals surface area contributed by atoms with Crippen molar-refractivity contribution in [3.8, 4) is 23.1 Å². The van der Waals surface area contributed by atoms with Crippen molar-refractivity contribution in [2.75, 3.05) is 26.1 Å². The van der Waals surface area contributed by atoms with Crippen molar-refractivity contribution in [3.63, 3.8) is 0 Å². The van der Waals surface area contributed by atoms with Crippen molar-refractivity contribution < 1.29 is 18.6 Å². The molecule has 0 fully saturated rings. The molecule has 0 aliphatic carbocycles. The van der Waals surface area contributed by atoms with Crippen molar-refractivity contribution >= 4 is 16.6 Å². The fourth-order valence-electron chi connectivity index (χ4n) is 3.55. The van der Waals surface area contributed by atoms with Gasteiger partial charge in [0.05, 0.1) is 25.3 Å². The number of halogens is 1. The van der Waals surface area contributed by atoms with E-state index >= 15 is 0 Å². The maximum atomic E-state index is 13.1. The van der Waals surface area contributed by atoms with Gasteiger partial charge in [-0.1, -0.05) is 12.1 Å². The largest absolute Gasteiger partial charge is 0.493 e. The highest BCUT2D eigenvalue weighted by Gasteiger charge is 2.20. The van der Waals surface area contributed by atoms with Crippen LogP contribution in [-0.4, -0.2) is 31.8 Å². The Morgan fingerprint density at radius 2 is 1.97 bits per heavy atom. The number of nitrogens with two attached hydrogens (primary N) is 1. The van der Waals surface area contributed by atoms with E-state index in [1.54, 1.807) is 38.5 Å². The molecule has 1 heterocycles. The van der Waals surface area contributed by atoms with Crippen LogP contribution in [0, 0.1) is 6.92 Å². The minimum atomic E-state index is -0.559. The number of alkyl halides is 1. The zero-order valence-electron chi connectivity index (χ0n) is 18.5. The molecule has 1 aromatic heterocycles. The average molecular weight is 428 g/mol. The normalized spacial score (nSPS) is 11.9. The molecule has 0 saturated carbocycles. The number of aromatic nitrogens is 1. The van der Waals surface area contributed by atoms with Crippen LogP contribution in [0.15, 0.2) is 36.4 Å². The maximum absolute atomic E-state index is 13.1. The predicted molar refractivity (Wildman–Crippen MR) is 122 cm³/mol. The number of aryl methyl sites for hydroxylation is 1. The Kier molecular flexibility index (Phi) is 7.52. The number of hydrogen-bond acceptors (Lipinski definition) is 6. The van der Waals surface area contributed by atoms with Gasteiger partial charge in [-0.2, -0.15) is 0 Å². The summed E-state index contributed by atoms with van der Waals surface area (Å²) < 4.78 is 30.4. The van der Waals surface area contributed by atoms with Gasteiger partial charge in [-0.3, -0.25) is 0 Å². The molecule has 3 rings (SSSR count). The monoisotopic (exact) mass is 427 g/mol. The van der Waals surface area contributed by atoms with Crippen molar-refractivity contribution in [3.05, 3.63) is 47.5 Å². The van der Waals surface area contributed by atoms with Crippen LogP contribution < -0.4 is 25.3 Å². The molecule has 0 spiro atoms. The molecule has 2 aromatic carbocycles. The van der Waals surface area contributed by atoms with Gasteiger partial charge in [0.2, 0.25) is 5.88 Å². The Labute approximate surface area is 182 Å². The maximum Gasteiger partial charge on any atom is 0.213 e. The number of fused-ring (bicyclic) bond motifs is 1. The summed E-state index contributed by atoms with van der Waals surface area (Å²) in [4.78, 5) is 4.69. The van der Waals surface area contributed by atoms with Gasteiger partial charge in [-0.05, 0) is 56.5 Å². The van der Waals surface area contributed by atoms with E-state index in [1.807, 2.05) is 19.1 Å². The van der Waals surface area contributed by atoms with Gasteiger partial charge >= 0.3 is 0 Å². The Morgan fingerprint density at radius 3 is 2.65 bits per heavy atom. The van der Waals surface area contributed by atoms with E-state index in [-0.39, 0.29) is 6.04 Å². The summed E-state index contributed by atoms with van der Waals surface area (Å²) in [6, 6.07) is 10.9. The third-order valence-corrected chi connectivity index (χ3v) is 5.12. The average Bonchev–Trinajstić information content (AvgIpc) is 2.78. The summed E-state index contributed by atoms with van der Waals surface area (Å²) in [7, 11) is 3.19. The van der Waals surface area contributed by atoms with E-state index in [0.717, 1.165) is 29.5 Å². The summed E-state index contributed by atoms with van der Waals surface area (Å²) >= 11 is 0. The molecular weight excluding hydrogens is 397 g/mol. The molecule has 1 atom stereocenters. The smallest absolute Gasteiger partial charge is 0.213 e. The number of nitrogens with zero attached hydrogens (tertiary/aromatic N) is 1. The van der Waals surface area contributed by atoms with E-state index in [0.29, 0.717) is 40.8 Å². The quantitative estimate of drug-likeness (QED) is 0.453. The Hall–Kier alpha value is -3.06. The van der Waals surface area contributed by atoms with Gasteiger partial charge in [-0.25, -0.2) is 9.37 Å². The molecule has 0 unspecified atom stereocenters. The molecule has 7 heteroatoms. The van der Waals surface area contributed by atoms with Crippen LogP contribution in [0.2, 0.25) is 0 Å². The summed E-state index contributed by atoms with van der Waals surface area (Å²) in [6.45, 7) is 4.16. The number of methoxy groups -OCH3 is 2. The number of anilines is 1. The molecule has 166 valence electrons. The topological polar surface area (TPSA) is 78.6 Å². The summed E-state index contributed by atoms with van der Waals surface area (Å²) in [5, 5.41) is 4.33. The Balaban J connectivity index is 2.16. The fraction of sp³-hybridized carbons (Fsp3) is 0.375. The first-order valence-electron chi connectivity index (χ1n) is 10.4. The fourth-order valence-corrected chi connectivity index (χ4v) is 3.55. The van der Waals surface area contributed by atoms with Crippen molar-refractivity contribution in [1.82, 2.24) is 4.98 Å². The molecule has 3 aromatic rings. The summed E-state index contributed by atoms with van der Waals surface area (Å²) in [6.07, 6.45) is 1.85. The third kappa shape index (κ3) is 5.17. The number of benzene rings is 2. The minimum Gasteiger partial charge on any atom is -0.493 e. The number of rotatable bonds is 10. The van der Waals surface area contributed by atoms with E-state index < -0.39 is 6.67 Å². The van der Waals surface area contributed by atoms with Crippen LogP contribution >= 0.6 is 0 Å². The van der Waals surface area contributed by atoms with E-state index in [1.165, 1.54) is 0 Å². The first-order chi connectivity index (χ1) is 15.0. The summed E-state index contributed by atoms with van der Waals surface area (Å²) in [5.41, 5.74) is 8.67. The second-order valence-corrected chi connectivity index (χ2v) is 7.52.